The van der Waals surface area contributed by atoms with Crippen LogP contribution in [0.2, 0.25) is 0 Å². The van der Waals surface area contributed by atoms with E-state index < -0.39 is 12.1 Å². The summed E-state index contributed by atoms with van der Waals surface area (Å²) in [6, 6.07) is 7.50. The standard InChI is InChI=1S/C20H24N2O3/c1-14(19(23)21-12-11-15-7-3-2-4-8-15)25-20(24)17-13-22-18-10-6-5-9-16(17)18/h5-7,9-10,13-14,22H,2-4,8,11-12H2,1H3,(H,21,23)/t14-/m0/s1. The van der Waals surface area contributed by atoms with E-state index in [9.17, 15) is 9.59 Å². The topological polar surface area (TPSA) is 71.2 Å². The van der Waals surface area contributed by atoms with Crippen LogP contribution in [0.4, 0.5) is 0 Å². The number of aromatic amines is 1. The molecule has 0 fully saturated rings. The van der Waals surface area contributed by atoms with Crippen LogP contribution in [0.25, 0.3) is 10.9 Å². The van der Waals surface area contributed by atoms with Gasteiger partial charge in [-0.25, -0.2) is 4.79 Å². The lowest BCUT2D eigenvalue weighted by Gasteiger charge is -2.15. The van der Waals surface area contributed by atoms with Gasteiger partial charge in [0.1, 0.15) is 0 Å². The normalized spacial score (nSPS) is 15.5. The number of esters is 1. The summed E-state index contributed by atoms with van der Waals surface area (Å²) < 4.78 is 5.32. The van der Waals surface area contributed by atoms with E-state index in [-0.39, 0.29) is 5.91 Å². The second-order valence-corrected chi connectivity index (χ2v) is 6.44. The Balaban J connectivity index is 1.50. The number of hydrogen-bond acceptors (Lipinski definition) is 3. The Morgan fingerprint density at radius 2 is 2.12 bits per heavy atom. The highest BCUT2D eigenvalue weighted by Gasteiger charge is 2.20. The van der Waals surface area contributed by atoms with Gasteiger partial charge in [0.2, 0.25) is 0 Å². The third-order valence-corrected chi connectivity index (χ3v) is 4.59. The molecule has 1 atom stereocenters. The molecule has 1 heterocycles. The molecule has 0 radical (unpaired) electrons. The molecule has 1 aromatic carbocycles. The fourth-order valence-corrected chi connectivity index (χ4v) is 3.14. The minimum Gasteiger partial charge on any atom is -0.449 e. The Hall–Kier alpha value is -2.56. The first kappa shape index (κ1) is 17.3. The molecule has 5 heteroatoms. The number of benzene rings is 1. The summed E-state index contributed by atoms with van der Waals surface area (Å²) in [5.41, 5.74) is 2.73. The molecule has 0 bridgehead atoms. The van der Waals surface area contributed by atoms with Crippen molar-refractivity contribution < 1.29 is 14.3 Å². The summed E-state index contributed by atoms with van der Waals surface area (Å²) in [4.78, 5) is 27.5. The number of amides is 1. The number of H-pyrrole nitrogens is 1. The van der Waals surface area contributed by atoms with E-state index in [0.29, 0.717) is 12.1 Å². The molecule has 2 N–H and O–H groups in total. The molecule has 3 rings (SSSR count). The van der Waals surface area contributed by atoms with E-state index in [4.69, 9.17) is 4.74 Å². The third-order valence-electron chi connectivity index (χ3n) is 4.59. The Bertz CT molecular complexity index is 791. The molecule has 0 saturated heterocycles. The molecule has 0 aliphatic heterocycles. The number of allylic oxidation sites excluding steroid dienone is 1. The molecule has 1 aromatic heterocycles. The molecule has 5 nitrogen and oxygen atoms in total. The minimum absolute atomic E-state index is 0.260. The van der Waals surface area contributed by atoms with E-state index >= 15 is 0 Å². The number of nitrogens with one attached hydrogen (secondary N) is 2. The van der Waals surface area contributed by atoms with Crippen molar-refractivity contribution in [3.8, 4) is 0 Å². The van der Waals surface area contributed by atoms with Gasteiger partial charge in [-0.1, -0.05) is 29.8 Å². The van der Waals surface area contributed by atoms with Gasteiger partial charge in [0.15, 0.2) is 6.10 Å². The molecule has 1 aliphatic carbocycles. The van der Waals surface area contributed by atoms with Crippen molar-refractivity contribution in [3.63, 3.8) is 0 Å². The molecule has 0 unspecified atom stereocenters. The number of hydrogen-bond donors (Lipinski definition) is 2. The van der Waals surface area contributed by atoms with Crippen LogP contribution in [0.15, 0.2) is 42.1 Å². The summed E-state index contributed by atoms with van der Waals surface area (Å²) >= 11 is 0. The van der Waals surface area contributed by atoms with Crippen molar-refractivity contribution in [2.24, 2.45) is 0 Å². The van der Waals surface area contributed by atoms with Crippen molar-refractivity contribution in [2.75, 3.05) is 6.54 Å². The summed E-state index contributed by atoms with van der Waals surface area (Å²) in [5.74, 6) is -0.750. The summed E-state index contributed by atoms with van der Waals surface area (Å²) in [6.07, 6.45) is 8.71. The van der Waals surface area contributed by atoms with E-state index in [0.717, 1.165) is 30.2 Å². The van der Waals surface area contributed by atoms with Gasteiger partial charge in [-0.15, -0.1) is 0 Å². The van der Waals surface area contributed by atoms with Gasteiger partial charge in [0, 0.05) is 23.6 Å². The lowest BCUT2D eigenvalue weighted by atomic mass is 9.97. The van der Waals surface area contributed by atoms with Gasteiger partial charge < -0.3 is 15.0 Å². The van der Waals surface area contributed by atoms with Crippen molar-refractivity contribution in [1.29, 1.82) is 0 Å². The largest absolute Gasteiger partial charge is 0.449 e. The Morgan fingerprint density at radius 1 is 1.28 bits per heavy atom. The zero-order valence-corrected chi connectivity index (χ0v) is 14.5. The Kier molecular flexibility index (Phi) is 5.53. The van der Waals surface area contributed by atoms with Gasteiger partial charge in [0.25, 0.3) is 5.91 Å². The molecule has 1 amide bonds. The SMILES string of the molecule is C[C@H](OC(=O)c1c[nH]c2ccccc12)C(=O)NCCC1=CCCCC1. The Morgan fingerprint density at radius 3 is 2.92 bits per heavy atom. The maximum Gasteiger partial charge on any atom is 0.341 e. The van der Waals surface area contributed by atoms with E-state index in [1.165, 1.54) is 18.4 Å². The van der Waals surface area contributed by atoms with Gasteiger partial charge in [-0.2, -0.15) is 0 Å². The number of carbonyl (C=O) groups excluding carboxylic acids is 2. The van der Waals surface area contributed by atoms with Crippen molar-refractivity contribution in [2.45, 2.75) is 45.1 Å². The monoisotopic (exact) mass is 340 g/mol. The number of fused-ring (bicyclic) bond motifs is 1. The van der Waals surface area contributed by atoms with Gasteiger partial charge in [-0.3, -0.25) is 4.79 Å². The molecule has 1 aliphatic rings. The van der Waals surface area contributed by atoms with Crippen molar-refractivity contribution in [1.82, 2.24) is 10.3 Å². The lowest BCUT2D eigenvalue weighted by Crippen LogP contribution is -2.36. The molecule has 2 aromatic rings. The first-order valence-corrected chi connectivity index (χ1v) is 8.88. The van der Waals surface area contributed by atoms with Gasteiger partial charge in [0.05, 0.1) is 5.56 Å². The second-order valence-electron chi connectivity index (χ2n) is 6.44. The number of aromatic nitrogens is 1. The van der Waals surface area contributed by atoms with Crippen LogP contribution >= 0.6 is 0 Å². The summed E-state index contributed by atoms with van der Waals surface area (Å²) in [6.45, 7) is 2.18. The minimum atomic E-state index is -0.818. The van der Waals surface area contributed by atoms with Crippen LogP contribution in [0.3, 0.4) is 0 Å². The fraction of sp³-hybridized carbons (Fsp3) is 0.400. The Labute approximate surface area is 147 Å². The van der Waals surface area contributed by atoms with Crippen molar-refractivity contribution >= 4 is 22.8 Å². The van der Waals surface area contributed by atoms with Crippen LogP contribution in [0.5, 0.6) is 0 Å². The van der Waals surface area contributed by atoms with Crippen LogP contribution in [-0.2, 0) is 9.53 Å². The molecule has 25 heavy (non-hydrogen) atoms. The maximum atomic E-state index is 12.3. The van der Waals surface area contributed by atoms with Crippen LogP contribution in [-0.4, -0.2) is 29.5 Å². The zero-order chi connectivity index (χ0) is 17.6. The summed E-state index contributed by atoms with van der Waals surface area (Å²) in [7, 11) is 0. The van der Waals surface area contributed by atoms with Crippen LogP contribution in [0, 0.1) is 0 Å². The first-order valence-electron chi connectivity index (χ1n) is 8.88. The summed E-state index contributed by atoms with van der Waals surface area (Å²) in [5, 5.41) is 3.65. The smallest absolute Gasteiger partial charge is 0.341 e. The zero-order valence-electron chi connectivity index (χ0n) is 14.5. The predicted molar refractivity (Wildman–Crippen MR) is 97.4 cm³/mol. The molecule has 0 saturated carbocycles. The predicted octanol–water partition coefficient (Wildman–Crippen LogP) is 3.72. The lowest BCUT2D eigenvalue weighted by molar-refractivity contribution is -0.129. The third kappa shape index (κ3) is 4.29. The highest BCUT2D eigenvalue weighted by molar-refractivity contribution is 6.04. The van der Waals surface area contributed by atoms with Crippen molar-refractivity contribution in [3.05, 3.63) is 47.7 Å². The van der Waals surface area contributed by atoms with Crippen LogP contribution in [0.1, 0.15) is 49.4 Å². The number of rotatable bonds is 6. The van der Waals surface area contributed by atoms with Gasteiger partial charge >= 0.3 is 5.97 Å². The van der Waals surface area contributed by atoms with Gasteiger partial charge in [-0.05, 0) is 45.1 Å². The second kappa shape index (κ2) is 8.01. The highest BCUT2D eigenvalue weighted by Crippen LogP contribution is 2.20. The average Bonchev–Trinajstić information content (AvgIpc) is 3.06. The fourth-order valence-electron chi connectivity index (χ4n) is 3.14. The molecular weight excluding hydrogens is 316 g/mol. The molecular formula is C20H24N2O3. The molecule has 132 valence electrons. The maximum absolute atomic E-state index is 12.3. The number of para-hydroxylation sites is 1. The number of ether oxygens (including phenoxy) is 1. The molecule has 0 spiro atoms. The number of carbonyl (C=O) groups is 2. The van der Waals surface area contributed by atoms with Crippen LogP contribution < -0.4 is 5.32 Å². The van der Waals surface area contributed by atoms with E-state index in [1.807, 2.05) is 24.3 Å². The van der Waals surface area contributed by atoms with E-state index in [1.54, 1.807) is 13.1 Å². The quantitative estimate of drug-likeness (QED) is 0.622. The first-order chi connectivity index (χ1) is 12.1. The van der Waals surface area contributed by atoms with E-state index in [2.05, 4.69) is 16.4 Å². The highest BCUT2D eigenvalue weighted by atomic mass is 16.5. The average molecular weight is 340 g/mol.